The van der Waals surface area contributed by atoms with Crippen molar-refractivity contribution >= 4 is 34.3 Å². The van der Waals surface area contributed by atoms with E-state index in [1.54, 1.807) is 11.3 Å². The molecular weight excluding hydrogens is 330 g/mol. The highest BCUT2D eigenvalue weighted by Gasteiger charge is 2.16. The van der Waals surface area contributed by atoms with Crippen LogP contribution in [0.1, 0.15) is 35.4 Å². The van der Waals surface area contributed by atoms with Crippen molar-refractivity contribution in [3.63, 3.8) is 0 Å². The summed E-state index contributed by atoms with van der Waals surface area (Å²) in [6.07, 6.45) is 0.389. The Labute approximate surface area is 142 Å². The fraction of sp³-hybridized carbons (Fsp3) is 0.312. The quantitative estimate of drug-likeness (QED) is 0.739. The van der Waals surface area contributed by atoms with Crippen molar-refractivity contribution in [2.45, 2.75) is 33.1 Å². The number of carbonyl (C=O) groups excluding carboxylic acids is 1. The molecule has 7 heteroatoms. The minimum absolute atomic E-state index is 0.0201. The molecule has 23 heavy (non-hydrogen) atoms. The lowest BCUT2D eigenvalue weighted by atomic mass is 10.2. The Morgan fingerprint density at radius 3 is 2.87 bits per heavy atom. The van der Waals surface area contributed by atoms with Crippen LogP contribution in [0.3, 0.4) is 0 Å². The van der Waals surface area contributed by atoms with Crippen LogP contribution in [0.2, 0.25) is 0 Å². The molecule has 0 radical (unpaired) electrons. The normalized spacial score (nSPS) is 11.1. The smallest absolute Gasteiger partial charge is 0.257 e. The van der Waals surface area contributed by atoms with Crippen LogP contribution in [0.4, 0.5) is 5.69 Å². The fourth-order valence-corrected chi connectivity index (χ4v) is 3.64. The van der Waals surface area contributed by atoms with E-state index in [0.29, 0.717) is 18.2 Å². The molecule has 120 valence electrons. The molecule has 1 amide bonds. The molecule has 5 nitrogen and oxygen atoms in total. The van der Waals surface area contributed by atoms with Gasteiger partial charge in [-0.15, -0.1) is 32.9 Å². The first-order valence-corrected chi connectivity index (χ1v) is 8.99. The Balaban J connectivity index is 1.73. The number of aryl methyl sites for hydroxylation is 1. The molecule has 3 heterocycles. The van der Waals surface area contributed by atoms with Gasteiger partial charge in [0.15, 0.2) is 0 Å². The molecule has 0 saturated carbocycles. The van der Waals surface area contributed by atoms with E-state index in [-0.39, 0.29) is 11.8 Å². The van der Waals surface area contributed by atoms with Gasteiger partial charge in [-0.2, -0.15) is 0 Å². The lowest BCUT2D eigenvalue weighted by Crippen LogP contribution is -2.13. The Kier molecular flexibility index (Phi) is 4.58. The van der Waals surface area contributed by atoms with Crippen LogP contribution in [-0.4, -0.2) is 16.1 Å². The van der Waals surface area contributed by atoms with Gasteiger partial charge in [-0.1, -0.05) is 19.9 Å². The van der Waals surface area contributed by atoms with E-state index in [4.69, 9.17) is 4.42 Å². The molecule has 0 aromatic carbocycles. The largest absolute Gasteiger partial charge is 0.420 e. The number of anilines is 1. The SMILES string of the molecule is Cc1sc(-c2nnc(C(C)C)o2)cc1NC(=O)Cc1cccs1. The van der Waals surface area contributed by atoms with E-state index in [1.165, 1.54) is 11.3 Å². The Morgan fingerprint density at radius 1 is 1.39 bits per heavy atom. The van der Waals surface area contributed by atoms with E-state index in [1.807, 2.05) is 44.4 Å². The number of carbonyl (C=O) groups is 1. The maximum atomic E-state index is 12.1. The number of thiophene rings is 2. The van der Waals surface area contributed by atoms with E-state index >= 15 is 0 Å². The van der Waals surface area contributed by atoms with Crippen molar-refractivity contribution in [1.82, 2.24) is 10.2 Å². The zero-order valence-electron chi connectivity index (χ0n) is 13.1. The molecule has 0 saturated heterocycles. The number of rotatable bonds is 5. The summed E-state index contributed by atoms with van der Waals surface area (Å²) in [5, 5.41) is 13.1. The van der Waals surface area contributed by atoms with E-state index in [2.05, 4.69) is 15.5 Å². The lowest BCUT2D eigenvalue weighted by Gasteiger charge is -2.02. The molecule has 3 aromatic rings. The molecule has 0 aliphatic heterocycles. The van der Waals surface area contributed by atoms with E-state index < -0.39 is 0 Å². The third-order valence-corrected chi connectivity index (χ3v) is 5.17. The monoisotopic (exact) mass is 347 g/mol. The number of nitrogens with one attached hydrogen (secondary N) is 1. The average molecular weight is 347 g/mol. The first-order valence-electron chi connectivity index (χ1n) is 7.29. The van der Waals surface area contributed by atoms with Crippen molar-refractivity contribution in [1.29, 1.82) is 0 Å². The molecule has 1 N–H and O–H groups in total. The number of aromatic nitrogens is 2. The number of amides is 1. The molecule has 0 bridgehead atoms. The van der Waals surface area contributed by atoms with Gasteiger partial charge in [0, 0.05) is 15.7 Å². The minimum atomic E-state index is -0.0201. The second kappa shape index (κ2) is 6.64. The highest BCUT2D eigenvalue weighted by atomic mass is 32.1. The van der Waals surface area contributed by atoms with Gasteiger partial charge in [0.25, 0.3) is 5.89 Å². The zero-order chi connectivity index (χ0) is 16.4. The van der Waals surface area contributed by atoms with Gasteiger partial charge in [-0.3, -0.25) is 4.79 Å². The van der Waals surface area contributed by atoms with Gasteiger partial charge in [0.2, 0.25) is 11.8 Å². The first kappa shape index (κ1) is 15.9. The highest BCUT2D eigenvalue weighted by Crippen LogP contribution is 2.34. The standard InChI is InChI=1S/C16H17N3O2S2/c1-9(2)15-18-19-16(21-15)13-8-12(10(3)23-13)17-14(20)7-11-5-4-6-22-11/h4-6,8-9H,7H2,1-3H3,(H,17,20). The van der Waals surface area contributed by atoms with Crippen LogP contribution in [0.15, 0.2) is 28.0 Å². The predicted molar refractivity (Wildman–Crippen MR) is 93.1 cm³/mol. The zero-order valence-corrected chi connectivity index (χ0v) is 14.8. The van der Waals surface area contributed by atoms with Crippen LogP contribution < -0.4 is 5.32 Å². The van der Waals surface area contributed by atoms with Gasteiger partial charge >= 0.3 is 0 Å². The second-order valence-corrected chi connectivity index (χ2v) is 7.77. The van der Waals surface area contributed by atoms with Gasteiger partial charge in [-0.25, -0.2) is 0 Å². The summed E-state index contributed by atoms with van der Waals surface area (Å²) in [4.78, 5) is 15.1. The third-order valence-electron chi connectivity index (χ3n) is 3.25. The van der Waals surface area contributed by atoms with Gasteiger partial charge in [-0.05, 0) is 24.4 Å². The molecular formula is C16H17N3O2S2. The van der Waals surface area contributed by atoms with E-state index in [0.717, 1.165) is 20.3 Å². The number of hydrogen-bond donors (Lipinski definition) is 1. The maximum Gasteiger partial charge on any atom is 0.257 e. The Hall–Kier alpha value is -1.99. The van der Waals surface area contributed by atoms with Crippen LogP contribution in [-0.2, 0) is 11.2 Å². The number of nitrogens with zero attached hydrogens (tertiary/aromatic N) is 2. The van der Waals surface area contributed by atoms with E-state index in [9.17, 15) is 4.79 Å². The third kappa shape index (κ3) is 3.68. The van der Waals surface area contributed by atoms with Crippen molar-refractivity contribution < 1.29 is 9.21 Å². The topological polar surface area (TPSA) is 68.0 Å². The summed E-state index contributed by atoms with van der Waals surface area (Å²) in [6, 6.07) is 5.80. The van der Waals surface area contributed by atoms with Crippen LogP contribution >= 0.6 is 22.7 Å². The second-order valence-electron chi connectivity index (χ2n) is 5.48. The van der Waals surface area contributed by atoms with Crippen molar-refractivity contribution in [3.05, 3.63) is 39.2 Å². The van der Waals surface area contributed by atoms with Crippen LogP contribution in [0.5, 0.6) is 0 Å². The Bertz CT molecular complexity index is 803. The molecule has 0 unspecified atom stereocenters. The summed E-state index contributed by atoms with van der Waals surface area (Å²) in [5.41, 5.74) is 0.802. The number of hydrogen-bond acceptors (Lipinski definition) is 6. The summed E-state index contributed by atoms with van der Waals surface area (Å²) in [6.45, 7) is 5.98. The summed E-state index contributed by atoms with van der Waals surface area (Å²) in [7, 11) is 0. The minimum Gasteiger partial charge on any atom is -0.420 e. The van der Waals surface area contributed by atoms with Gasteiger partial charge < -0.3 is 9.73 Å². The van der Waals surface area contributed by atoms with Crippen molar-refractivity contribution in [3.8, 4) is 10.8 Å². The van der Waals surface area contributed by atoms with Crippen LogP contribution in [0.25, 0.3) is 10.8 Å². The highest BCUT2D eigenvalue weighted by molar-refractivity contribution is 7.16. The summed E-state index contributed by atoms with van der Waals surface area (Å²) < 4.78 is 5.67. The summed E-state index contributed by atoms with van der Waals surface area (Å²) >= 11 is 3.12. The van der Waals surface area contributed by atoms with Gasteiger partial charge in [0.1, 0.15) is 0 Å². The van der Waals surface area contributed by atoms with Gasteiger partial charge in [0.05, 0.1) is 17.0 Å². The predicted octanol–water partition coefficient (Wildman–Crippen LogP) is 4.47. The Morgan fingerprint density at radius 2 is 2.22 bits per heavy atom. The maximum absolute atomic E-state index is 12.1. The lowest BCUT2D eigenvalue weighted by molar-refractivity contribution is -0.115. The fourth-order valence-electron chi connectivity index (χ4n) is 2.04. The molecule has 0 fully saturated rings. The molecule has 0 spiro atoms. The van der Waals surface area contributed by atoms with Crippen molar-refractivity contribution in [2.24, 2.45) is 0 Å². The first-order chi connectivity index (χ1) is 11.0. The molecule has 0 aliphatic carbocycles. The van der Waals surface area contributed by atoms with Crippen LogP contribution in [0, 0.1) is 6.92 Å². The van der Waals surface area contributed by atoms with Crippen molar-refractivity contribution in [2.75, 3.05) is 5.32 Å². The molecule has 0 atom stereocenters. The average Bonchev–Trinajstić information content (AvgIpc) is 3.20. The summed E-state index contributed by atoms with van der Waals surface area (Å²) in [5.74, 6) is 1.30. The molecule has 3 rings (SSSR count). The molecule has 3 aromatic heterocycles. The molecule has 0 aliphatic rings.